The Morgan fingerprint density at radius 2 is 1.59 bits per heavy atom. The lowest BCUT2D eigenvalue weighted by Crippen LogP contribution is -2.61. The van der Waals surface area contributed by atoms with Gasteiger partial charge in [-0.25, -0.2) is 0 Å². The number of nitrogens with one attached hydrogen (secondary N) is 2. The first-order chi connectivity index (χ1) is 7.79. The molecule has 1 fully saturated rings. The van der Waals surface area contributed by atoms with Gasteiger partial charge in [0.1, 0.15) is 0 Å². The number of carbonyl (C=O) groups excluding carboxylic acids is 1. The van der Waals surface area contributed by atoms with Gasteiger partial charge in [-0.05, 0) is 53.5 Å². The van der Waals surface area contributed by atoms with Crippen LogP contribution in [-0.4, -0.2) is 24.0 Å². The van der Waals surface area contributed by atoms with E-state index >= 15 is 0 Å². The molecule has 0 unspecified atom stereocenters. The molecule has 1 amide bonds. The molecule has 0 radical (unpaired) electrons. The van der Waals surface area contributed by atoms with E-state index < -0.39 is 5.54 Å². The summed E-state index contributed by atoms with van der Waals surface area (Å²) in [7, 11) is 1.90. The number of hydrogen-bond acceptors (Lipinski definition) is 2. The monoisotopic (exact) mass is 240 g/mol. The Kier molecular flexibility index (Phi) is 4.59. The van der Waals surface area contributed by atoms with E-state index in [9.17, 15) is 4.79 Å². The molecule has 0 heterocycles. The highest BCUT2D eigenvalue weighted by Crippen LogP contribution is 2.32. The molecular formula is C14H28N2O. The average molecular weight is 240 g/mol. The molecule has 0 bridgehead atoms. The van der Waals surface area contributed by atoms with Crippen molar-refractivity contribution < 1.29 is 4.79 Å². The summed E-state index contributed by atoms with van der Waals surface area (Å²) < 4.78 is 0. The van der Waals surface area contributed by atoms with Gasteiger partial charge in [-0.3, -0.25) is 4.79 Å². The lowest BCUT2D eigenvalue weighted by molar-refractivity contribution is -0.131. The van der Waals surface area contributed by atoms with Crippen LogP contribution in [0.2, 0.25) is 0 Å². The summed E-state index contributed by atoms with van der Waals surface area (Å²) in [4.78, 5) is 12.4. The van der Waals surface area contributed by atoms with Crippen LogP contribution in [0.25, 0.3) is 0 Å². The molecule has 1 rings (SSSR count). The Bertz CT molecular complexity index is 264. The quantitative estimate of drug-likeness (QED) is 0.795. The summed E-state index contributed by atoms with van der Waals surface area (Å²) in [6, 6.07) is 0. The fourth-order valence-electron chi connectivity index (χ4n) is 2.65. The molecule has 3 heteroatoms. The zero-order valence-electron chi connectivity index (χ0n) is 12.0. The third-order valence-electron chi connectivity index (χ3n) is 3.90. The minimum atomic E-state index is -0.423. The zero-order valence-corrected chi connectivity index (χ0v) is 12.0. The number of carbonyl (C=O) groups is 1. The molecule has 2 N–H and O–H groups in total. The molecule has 100 valence electrons. The predicted molar refractivity (Wildman–Crippen MR) is 71.9 cm³/mol. The van der Waals surface area contributed by atoms with Crippen molar-refractivity contribution >= 4 is 5.91 Å². The SMILES string of the molecule is CN[C@](C)(C(=O)NC(C)(C)C)C1CCCCC1. The topological polar surface area (TPSA) is 41.1 Å². The van der Waals surface area contributed by atoms with Crippen LogP contribution in [0.5, 0.6) is 0 Å². The van der Waals surface area contributed by atoms with Crippen molar-refractivity contribution in [3.63, 3.8) is 0 Å². The summed E-state index contributed by atoms with van der Waals surface area (Å²) in [5.74, 6) is 0.600. The smallest absolute Gasteiger partial charge is 0.240 e. The highest BCUT2D eigenvalue weighted by molar-refractivity contribution is 5.86. The van der Waals surface area contributed by atoms with E-state index in [-0.39, 0.29) is 11.4 Å². The van der Waals surface area contributed by atoms with Crippen molar-refractivity contribution in [3.05, 3.63) is 0 Å². The Morgan fingerprint density at radius 1 is 1.06 bits per heavy atom. The van der Waals surface area contributed by atoms with Crippen LogP contribution in [0, 0.1) is 5.92 Å². The normalized spacial score (nSPS) is 21.9. The maximum absolute atomic E-state index is 12.4. The van der Waals surface area contributed by atoms with Crippen molar-refractivity contribution in [1.29, 1.82) is 0 Å². The van der Waals surface area contributed by atoms with Gasteiger partial charge in [0.15, 0.2) is 0 Å². The number of rotatable bonds is 3. The lowest BCUT2D eigenvalue weighted by Gasteiger charge is -2.40. The molecule has 1 atom stereocenters. The number of likely N-dealkylation sites (N-methyl/N-ethyl adjacent to an activating group) is 1. The van der Waals surface area contributed by atoms with Crippen molar-refractivity contribution in [2.24, 2.45) is 5.92 Å². The Hall–Kier alpha value is -0.570. The van der Waals surface area contributed by atoms with Crippen molar-refractivity contribution in [2.45, 2.75) is 70.9 Å². The van der Waals surface area contributed by atoms with Crippen LogP contribution in [0.15, 0.2) is 0 Å². The zero-order chi connectivity index (χ0) is 13.1. The maximum atomic E-state index is 12.4. The van der Waals surface area contributed by atoms with Gasteiger partial charge in [-0.1, -0.05) is 19.3 Å². The van der Waals surface area contributed by atoms with Gasteiger partial charge in [0.2, 0.25) is 5.91 Å². The van der Waals surface area contributed by atoms with Gasteiger partial charge in [0.05, 0.1) is 5.54 Å². The molecule has 0 aromatic heterocycles. The summed E-state index contributed by atoms with van der Waals surface area (Å²) >= 11 is 0. The maximum Gasteiger partial charge on any atom is 0.240 e. The van der Waals surface area contributed by atoms with Crippen LogP contribution >= 0.6 is 0 Å². The minimum Gasteiger partial charge on any atom is -0.350 e. The first-order valence-electron chi connectivity index (χ1n) is 6.81. The Morgan fingerprint density at radius 3 is 2.00 bits per heavy atom. The largest absolute Gasteiger partial charge is 0.350 e. The van der Waals surface area contributed by atoms with Gasteiger partial charge in [0.25, 0.3) is 0 Å². The van der Waals surface area contributed by atoms with Gasteiger partial charge < -0.3 is 10.6 Å². The molecule has 1 saturated carbocycles. The standard InChI is InChI=1S/C14H28N2O/c1-13(2,3)16-12(17)14(4,15-5)11-9-7-6-8-10-11/h11,15H,6-10H2,1-5H3,(H,16,17)/t14-/m0/s1. The minimum absolute atomic E-state index is 0.138. The van der Waals surface area contributed by atoms with Crippen LogP contribution in [-0.2, 0) is 4.79 Å². The second-order valence-corrected chi connectivity index (χ2v) is 6.49. The van der Waals surface area contributed by atoms with E-state index in [0.717, 1.165) is 12.8 Å². The van der Waals surface area contributed by atoms with Crippen molar-refractivity contribution in [1.82, 2.24) is 10.6 Å². The number of hydrogen-bond donors (Lipinski definition) is 2. The van der Waals surface area contributed by atoms with E-state index in [1.807, 2.05) is 34.7 Å². The molecule has 0 saturated heterocycles. The molecule has 17 heavy (non-hydrogen) atoms. The molecule has 3 nitrogen and oxygen atoms in total. The highest BCUT2D eigenvalue weighted by atomic mass is 16.2. The lowest BCUT2D eigenvalue weighted by atomic mass is 9.75. The van der Waals surface area contributed by atoms with E-state index in [0.29, 0.717) is 5.92 Å². The van der Waals surface area contributed by atoms with Crippen molar-refractivity contribution in [3.8, 4) is 0 Å². The first-order valence-corrected chi connectivity index (χ1v) is 6.81. The van der Waals surface area contributed by atoms with Crippen LogP contribution in [0.4, 0.5) is 0 Å². The Balaban J connectivity index is 2.75. The van der Waals surface area contributed by atoms with E-state index in [4.69, 9.17) is 0 Å². The molecular weight excluding hydrogens is 212 g/mol. The third kappa shape index (κ3) is 3.70. The fourth-order valence-corrected chi connectivity index (χ4v) is 2.65. The number of amides is 1. The first kappa shape index (κ1) is 14.5. The van der Waals surface area contributed by atoms with E-state index in [1.165, 1.54) is 19.3 Å². The molecule has 0 spiro atoms. The van der Waals surface area contributed by atoms with Gasteiger partial charge in [-0.2, -0.15) is 0 Å². The van der Waals surface area contributed by atoms with Gasteiger partial charge >= 0.3 is 0 Å². The molecule has 1 aliphatic rings. The predicted octanol–water partition coefficient (Wildman–Crippen LogP) is 2.46. The van der Waals surface area contributed by atoms with Gasteiger partial charge in [0, 0.05) is 5.54 Å². The highest BCUT2D eigenvalue weighted by Gasteiger charge is 2.41. The summed E-state index contributed by atoms with van der Waals surface area (Å²) in [5, 5.41) is 6.36. The van der Waals surface area contributed by atoms with Crippen molar-refractivity contribution in [2.75, 3.05) is 7.05 Å². The van der Waals surface area contributed by atoms with Crippen LogP contribution in [0.1, 0.15) is 59.8 Å². The second kappa shape index (κ2) is 5.38. The van der Waals surface area contributed by atoms with Crippen LogP contribution < -0.4 is 10.6 Å². The molecule has 0 aliphatic heterocycles. The van der Waals surface area contributed by atoms with E-state index in [1.54, 1.807) is 0 Å². The third-order valence-corrected chi connectivity index (χ3v) is 3.90. The molecule has 1 aliphatic carbocycles. The Labute approximate surface area is 106 Å². The van der Waals surface area contributed by atoms with Crippen LogP contribution in [0.3, 0.4) is 0 Å². The summed E-state index contributed by atoms with van der Waals surface area (Å²) in [5.41, 5.74) is -0.586. The fraction of sp³-hybridized carbons (Fsp3) is 0.929. The summed E-state index contributed by atoms with van der Waals surface area (Å²) in [6.07, 6.45) is 6.15. The molecule has 0 aromatic carbocycles. The average Bonchev–Trinajstić information content (AvgIpc) is 2.27. The van der Waals surface area contributed by atoms with E-state index in [2.05, 4.69) is 10.6 Å². The second-order valence-electron chi connectivity index (χ2n) is 6.49. The van der Waals surface area contributed by atoms with Gasteiger partial charge in [-0.15, -0.1) is 0 Å². The molecule has 0 aromatic rings. The summed E-state index contributed by atoms with van der Waals surface area (Å²) in [6.45, 7) is 8.13.